The van der Waals surface area contributed by atoms with Crippen molar-refractivity contribution >= 4 is 29.4 Å². The van der Waals surface area contributed by atoms with Crippen molar-refractivity contribution in [2.75, 3.05) is 16.8 Å². The molecule has 1 heterocycles. The summed E-state index contributed by atoms with van der Waals surface area (Å²) in [5.41, 5.74) is 1.36. The highest BCUT2D eigenvalue weighted by Gasteiger charge is 2.08. The van der Waals surface area contributed by atoms with Gasteiger partial charge in [0.15, 0.2) is 5.82 Å². The summed E-state index contributed by atoms with van der Waals surface area (Å²) in [5, 5.41) is 8.96. The number of amides is 2. The number of rotatable bonds is 7. The third-order valence-electron chi connectivity index (χ3n) is 3.07. The van der Waals surface area contributed by atoms with Gasteiger partial charge in [-0.2, -0.15) is 0 Å². The second kappa shape index (κ2) is 8.49. The predicted octanol–water partition coefficient (Wildman–Crippen LogP) is 2.42. The van der Waals surface area contributed by atoms with E-state index in [4.69, 9.17) is 4.52 Å². The molecule has 2 amide bonds. The minimum absolute atomic E-state index is 0.134. The molecule has 1 aromatic heterocycles. The number of carbonyl (C=O) groups is 2. The second-order valence-electron chi connectivity index (χ2n) is 5.22. The Balaban J connectivity index is 1.65. The number of hydrogen-bond acceptors (Lipinski definition) is 5. The zero-order valence-corrected chi connectivity index (χ0v) is 14.2. The average molecular weight is 351 g/mol. The van der Waals surface area contributed by atoms with Gasteiger partial charge in [0.1, 0.15) is 11.6 Å². The van der Waals surface area contributed by atoms with E-state index in [1.54, 1.807) is 32.0 Å². The van der Waals surface area contributed by atoms with E-state index in [0.717, 1.165) is 5.56 Å². The van der Waals surface area contributed by atoms with Crippen LogP contribution in [0.1, 0.15) is 16.9 Å². The normalized spacial score (nSPS) is 10.5. The van der Waals surface area contributed by atoms with Crippen molar-refractivity contribution in [3.63, 3.8) is 0 Å². The first-order valence-electron chi connectivity index (χ1n) is 7.26. The highest BCUT2D eigenvalue weighted by atomic mass is 32.2. The van der Waals surface area contributed by atoms with Gasteiger partial charge >= 0.3 is 0 Å². The van der Waals surface area contributed by atoms with Crippen LogP contribution in [0.15, 0.2) is 28.8 Å². The minimum atomic E-state index is -0.269. The number of nitrogens with one attached hydrogen (secondary N) is 2. The number of nitrogens with zero attached hydrogens (tertiary/aromatic N) is 1. The summed E-state index contributed by atoms with van der Waals surface area (Å²) in [4.78, 5) is 23.4. The van der Waals surface area contributed by atoms with Gasteiger partial charge in [-0.25, -0.2) is 4.39 Å². The highest BCUT2D eigenvalue weighted by Crippen LogP contribution is 2.10. The molecular weight excluding hydrogens is 333 g/mol. The molecule has 0 atom stereocenters. The molecule has 8 heteroatoms. The molecule has 24 heavy (non-hydrogen) atoms. The third kappa shape index (κ3) is 5.69. The molecule has 0 aliphatic rings. The summed E-state index contributed by atoms with van der Waals surface area (Å²) in [6, 6.07) is 6.31. The fourth-order valence-corrected chi connectivity index (χ4v) is 2.56. The molecule has 1 aromatic carbocycles. The van der Waals surface area contributed by atoms with Gasteiger partial charge < -0.3 is 15.2 Å². The largest absolute Gasteiger partial charge is 0.360 e. The molecule has 6 nitrogen and oxygen atoms in total. The Morgan fingerprint density at radius 3 is 2.62 bits per heavy atom. The molecule has 2 rings (SSSR count). The Bertz CT molecular complexity index is 733. The first kappa shape index (κ1) is 18.0. The van der Waals surface area contributed by atoms with Gasteiger partial charge in [-0.05, 0) is 31.0 Å². The van der Waals surface area contributed by atoms with Crippen LogP contribution in [0.2, 0.25) is 0 Å². The van der Waals surface area contributed by atoms with E-state index in [0.29, 0.717) is 23.7 Å². The quantitative estimate of drug-likeness (QED) is 0.800. The molecule has 128 valence electrons. The predicted molar refractivity (Wildman–Crippen MR) is 90.2 cm³/mol. The zero-order valence-electron chi connectivity index (χ0n) is 13.4. The van der Waals surface area contributed by atoms with E-state index in [1.807, 2.05) is 0 Å². The molecule has 0 bridgehead atoms. The molecule has 0 radical (unpaired) electrons. The van der Waals surface area contributed by atoms with Crippen LogP contribution in [0.4, 0.5) is 10.2 Å². The Morgan fingerprint density at radius 2 is 1.96 bits per heavy atom. The number of hydrogen-bond donors (Lipinski definition) is 2. The second-order valence-corrected chi connectivity index (χ2v) is 6.21. The van der Waals surface area contributed by atoms with Gasteiger partial charge in [0.25, 0.3) is 0 Å². The van der Waals surface area contributed by atoms with Gasteiger partial charge in [-0.15, -0.1) is 11.8 Å². The van der Waals surface area contributed by atoms with Crippen molar-refractivity contribution in [2.45, 2.75) is 20.4 Å². The van der Waals surface area contributed by atoms with E-state index >= 15 is 0 Å². The van der Waals surface area contributed by atoms with Crippen molar-refractivity contribution < 1.29 is 18.5 Å². The lowest BCUT2D eigenvalue weighted by Crippen LogP contribution is -2.25. The Hall–Kier alpha value is -2.35. The van der Waals surface area contributed by atoms with Crippen molar-refractivity contribution in [1.82, 2.24) is 10.5 Å². The summed E-state index contributed by atoms with van der Waals surface area (Å²) < 4.78 is 18.0. The topological polar surface area (TPSA) is 84.2 Å². The molecule has 0 saturated heterocycles. The number of carbonyl (C=O) groups excluding carboxylic acids is 2. The van der Waals surface area contributed by atoms with Gasteiger partial charge in [0.05, 0.1) is 11.5 Å². The van der Waals surface area contributed by atoms with Crippen molar-refractivity contribution in [3.05, 3.63) is 47.0 Å². The smallest absolute Gasteiger partial charge is 0.235 e. The molecule has 0 spiro atoms. The van der Waals surface area contributed by atoms with Crippen LogP contribution in [-0.2, 0) is 16.1 Å². The maximum absolute atomic E-state index is 13.2. The van der Waals surface area contributed by atoms with Crippen molar-refractivity contribution in [3.8, 4) is 0 Å². The molecule has 0 unspecified atom stereocenters. The monoisotopic (exact) mass is 351 g/mol. The van der Waals surface area contributed by atoms with Crippen molar-refractivity contribution in [1.29, 1.82) is 0 Å². The van der Waals surface area contributed by atoms with Crippen LogP contribution in [0.5, 0.6) is 0 Å². The van der Waals surface area contributed by atoms with Crippen LogP contribution in [-0.4, -0.2) is 28.5 Å². The molecular formula is C16H18FN3O3S. The molecule has 2 aromatic rings. The van der Waals surface area contributed by atoms with Gasteiger partial charge in [0, 0.05) is 12.6 Å². The molecule has 2 N–H and O–H groups in total. The Kier molecular flexibility index (Phi) is 6.36. The number of benzene rings is 1. The fraction of sp³-hybridized carbons (Fsp3) is 0.312. The summed E-state index contributed by atoms with van der Waals surface area (Å²) >= 11 is 1.19. The van der Waals surface area contributed by atoms with Crippen LogP contribution >= 0.6 is 11.8 Å². The summed E-state index contributed by atoms with van der Waals surface area (Å²) in [6.45, 7) is 3.72. The van der Waals surface area contributed by atoms with E-state index in [-0.39, 0.29) is 29.1 Å². The fourth-order valence-electron chi connectivity index (χ4n) is 1.91. The average Bonchev–Trinajstić information content (AvgIpc) is 2.93. The summed E-state index contributed by atoms with van der Waals surface area (Å²) in [6.07, 6.45) is 0. The van der Waals surface area contributed by atoms with Crippen molar-refractivity contribution in [2.24, 2.45) is 0 Å². The minimum Gasteiger partial charge on any atom is -0.360 e. The Labute approximate surface area is 143 Å². The summed E-state index contributed by atoms with van der Waals surface area (Å²) in [5.74, 6) is 0.541. The van der Waals surface area contributed by atoms with E-state index in [1.165, 1.54) is 17.8 Å². The van der Waals surface area contributed by atoms with Gasteiger partial charge in [-0.3, -0.25) is 9.59 Å². The van der Waals surface area contributed by atoms with Crippen LogP contribution in [0.3, 0.4) is 0 Å². The van der Waals surface area contributed by atoms with Gasteiger partial charge in [0.2, 0.25) is 11.8 Å². The van der Waals surface area contributed by atoms with Gasteiger partial charge in [-0.1, -0.05) is 17.3 Å². The molecule has 0 aliphatic heterocycles. The lowest BCUT2D eigenvalue weighted by molar-refractivity contribution is -0.118. The standard InChI is InChI=1S/C16H18FN3O3S/c1-10-5-12(3-4-13(10)17)7-18-15(21)8-24-9-16(22)19-14-6-11(2)23-20-14/h3-6H,7-9H2,1-2H3,(H,18,21)(H,19,20,22). The maximum Gasteiger partial charge on any atom is 0.235 e. The molecule has 0 fully saturated rings. The number of aromatic nitrogens is 1. The molecule has 0 saturated carbocycles. The van der Waals surface area contributed by atoms with Crippen LogP contribution in [0.25, 0.3) is 0 Å². The molecule has 0 aliphatic carbocycles. The first-order valence-corrected chi connectivity index (χ1v) is 8.42. The van der Waals surface area contributed by atoms with E-state index < -0.39 is 0 Å². The number of anilines is 1. The van der Waals surface area contributed by atoms with Crippen LogP contribution < -0.4 is 10.6 Å². The SMILES string of the molecule is Cc1cc(NC(=O)CSCC(=O)NCc2ccc(F)c(C)c2)no1. The summed E-state index contributed by atoms with van der Waals surface area (Å²) in [7, 11) is 0. The van der Waals surface area contributed by atoms with E-state index in [2.05, 4.69) is 15.8 Å². The third-order valence-corrected chi connectivity index (χ3v) is 4.01. The van der Waals surface area contributed by atoms with E-state index in [9.17, 15) is 14.0 Å². The lowest BCUT2D eigenvalue weighted by atomic mass is 10.1. The number of aryl methyl sites for hydroxylation is 2. The highest BCUT2D eigenvalue weighted by molar-refractivity contribution is 8.00. The zero-order chi connectivity index (χ0) is 17.5. The van der Waals surface area contributed by atoms with Crippen LogP contribution in [0, 0.1) is 19.7 Å². The maximum atomic E-state index is 13.2. The Morgan fingerprint density at radius 1 is 1.21 bits per heavy atom. The lowest BCUT2D eigenvalue weighted by Gasteiger charge is -2.06. The number of thioether (sulfide) groups is 1. The first-order chi connectivity index (χ1) is 11.4. The number of halogens is 1.